The van der Waals surface area contributed by atoms with Crippen molar-refractivity contribution in [2.45, 2.75) is 31.4 Å². The van der Waals surface area contributed by atoms with Crippen LogP contribution in [0.3, 0.4) is 0 Å². The molecule has 0 saturated carbocycles. The maximum absolute atomic E-state index is 12.9. The molecule has 2 heterocycles. The molecule has 2 N–H and O–H groups in total. The molecule has 0 spiro atoms. The summed E-state index contributed by atoms with van der Waals surface area (Å²) in [5, 5.41) is 14.9. The Morgan fingerprint density at radius 2 is 2.00 bits per heavy atom. The van der Waals surface area contributed by atoms with E-state index in [9.17, 15) is 9.90 Å². The van der Waals surface area contributed by atoms with E-state index in [4.69, 9.17) is 16.3 Å². The molecular weight excluding hydrogens is 388 g/mol. The van der Waals surface area contributed by atoms with Crippen molar-refractivity contribution in [1.82, 2.24) is 10.3 Å². The third kappa shape index (κ3) is 4.75. The molecule has 1 amide bonds. The van der Waals surface area contributed by atoms with Gasteiger partial charge in [-0.05, 0) is 54.7 Å². The summed E-state index contributed by atoms with van der Waals surface area (Å²) < 4.78 is 5.35. The molecule has 5 nitrogen and oxygen atoms in total. The first-order valence-electron chi connectivity index (χ1n) is 9.80. The molecule has 2 unspecified atom stereocenters. The van der Waals surface area contributed by atoms with Crippen LogP contribution in [0.15, 0.2) is 54.6 Å². The van der Waals surface area contributed by atoms with E-state index in [2.05, 4.69) is 10.3 Å². The number of hydrogen-bond acceptors (Lipinski definition) is 4. The monoisotopic (exact) mass is 410 g/mol. The minimum absolute atomic E-state index is 0.234. The number of para-hydroxylation sites is 1. The van der Waals surface area contributed by atoms with Crippen LogP contribution in [0.1, 0.15) is 34.5 Å². The van der Waals surface area contributed by atoms with E-state index in [0.717, 1.165) is 28.5 Å². The average Bonchev–Trinajstić information content (AvgIpc) is 2.93. The van der Waals surface area contributed by atoms with Crippen LogP contribution >= 0.6 is 11.6 Å². The molecule has 0 radical (unpaired) electrons. The summed E-state index contributed by atoms with van der Waals surface area (Å²) in [6.45, 7) is 0.834. The standard InChI is InChI=1S/C23H23ClN2O3/c24-17-9-7-15(8-10-17)12-16-13-21(25-19-5-2-1-4-18(16)19)23(28)26-20-6-3-11-29-14-22(20)27/h1-2,4-5,7-10,13,20,22,27H,3,6,11-12,14H2,(H,26,28). The zero-order chi connectivity index (χ0) is 20.2. The van der Waals surface area contributed by atoms with E-state index < -0.39 is 6.10 Å². The van der Waals surface area contributed by atoms with Gasteiger partial charge in [-0.25, -0.2) is 4.98 Å². The molecule has 29 heavy (non-hydrogen) atoms. The van der Waals surface area contributed by atoms with Crippen LogP contribution in [0.25, 0.3) is 10.9 Å². The smallest absolute Gasteiger partial charge is 0.270 e. The van der Waals surface area contributed by atoms with Crippen molar-refractivity contribution in [3.63, 3.8) is 0 Å². The Morgan fingerprint density at radius 3 is 2.83 bits per heavy atom. The number of fused-ring (bicyclic) bond motifs is 1. The molecule has 2 atom stereocenters. The fourth-order valence-corrected chi connectivity index (χ4v) is 3.79. The number of aliphatic hydroxyl groups excluding tert-OH is 1. The number of aliphatic hydroxyl groups is 1. The number of amides is 1. The molecule has 150 valence electrons. The molecule has 1 aliphatic rings. The summed E-state index contributed by atoms with van der Waals surface area (Å²) in [4.78, 5) is 17.5. The number of benzene rings is 2. The number of pyridine rings is 1. The van der Waals surface area contributed by atoms with Gasteiger partial charge in [-0.3, -0.25) is 4.79 Å². The van der Waals surface area contributed by atoms with Crippen molar-refractivity contribution in [2.24, 2.45) is 0 Å². The van der Waals surface area contributed by atoms with Crippen molar-refractivity contribution >= 4 is 28.4 Å². The highest BCUT2D eigenvalue weighted by Gasteiger charge is 2.25. The lowest BCUT2D eigenvalue weighted by molar-refractivity contribution is 0.0359. The molecule has 4 rings (SSSR count). The van der Waals surface area contributed by atoms with Gasteiger partial charge in [-0.15, -0.1) is 0 Å². The molecule has 1 aliphatic heterocycles. The number of halogens is 1. The van der Waals surface area contributed by atoms with Gasteiger partial charge in [0.2, 0.25) is 0 Å². The molecule has 0 bridgehead atoms. The highest BCUT2D eigenvalue weighted by Crippen LogP contribution is 2.22. The molecular formula is C23H23ClN2O3. The van der Waals surface area contributed by atoms with Gasteiger partial charge in [0, 0.05) is 17.0 Å². The van der Waals surface area contributed by atoms with Crippen LogP contribution in [0.4, 0.5) is 0 Å². The third-order valence-electron chi connectivity index (χ3n) is 5.22. The highest BCUT2D eigenvalue weighted by atomic mass is 35.5. The van der Waals surface area contributed by atoms with Crippen LogP contribution in [0.5, 0.6) is 0 Å². The zero-order valence-corrected chi connectivity index (χ0v) is 16.7. The maximum Gasteiger partial charge on any atom is 0.270 e. The summed E-state index contributed by atoms with van der Waals surface area (Å²) in [6.07, 6.45) is 1.43. The Labute approximate surface area is 174 Å². The zero-order valence-electron chi connectivity index (χ0n) is 16.0. The van der Waals surface area contributed by atoms with Crippen molar-refractivity contribution in [3.05, 3.63) is 76.4 Å². The minimum Gasteiger partial charge on any atom is -0.389 e. The maximum atomic E-state index is 12.9. The predicted octanol–water partition coefficient (Wildman–Crippen LogP) is 3.75. The fraction of sp³-hybridized carbons (Fsp3) is 0.304. The summed E-state index contributed by atoms with van der Waals surface area (Å²) in [6, 6.07) is 17.0. The average molecular weight is 411 g/mol. The Bertz CT molecular complexity index is 1010. The summed E-state index contributed by atoms with van der Waals surface area (Å²) in [7, 11) is 0. The van der Waals surface area contributed by atoms with Crippen molar-refractivity contribution in [2.75, 3.05) is 13.2 Å². The number of rotatable bonds is 4. The van der Waals surface area contributed by atoms with Crippen LogP contribution in [0, 0.1) is 0 Å². The van der Waals surface area contributed by atoms with E-state index in [-0.39, 0.29) is 18.6 Å². The summed E-state index contributed by atoms with van der Waals surface area (Å²) in [5.74, 6) is -0.279. The van der Waals surface area contributed by atoms with E-state index >= 15 is 0 Å². The minimum atomic E-state index is -0.713. The lowest BCUT2D eigenvalue weighted by Gasteiger charge is -2.21. The number of carbonyl (C=O) groups is 1. The fourth-order valence-electron chi connectivity index (χ4n) is 3.66. The first-order chi connectivity index (χ1) is 14.1. The van der Waals surface area contributed by atoms with E-state index in [0.29, 0.717) is 30.2 Å². The second-order valence-electron chi connectivity index (χ2n) is 7.35. The van der Waals surface area contributed by atoms with Crippen molar-refractivity contribution in [3.8, 4) is 0 Å². The molecule has 1 fully saturated rings. The highest BCUT2D eigenvalue weighted by molar-refractivity contribution is 6.30. The van der Waals surface area contributed by atoms with Crippen LogP contribution in [-0.4, -0.2) is 41.4 Å². The predicted molar refractivity (Wildman–Crippen MR) is 113 cm³/mol. The van der Waals surface area contributed by atoms with E-state index in [1.807, 2.05) is 54.6 Å². The Hall–Kier alpha value is -2.47. The van der Waals surface area contributed by atoms with Crippen molar-refractivity contribution < 1.29 is 14.6 Å². The van der Waals surface area contributed by atoms with Crippen LogP contribution in [0.2, 0.25) is 5.02 Å². The Balaban J connectivity index is 1.64. The quantitative estimate of drug-likeness (QED) is 0.687. The van der Waals surface area contributed by atoms with Gasteiger partial charge < -0.3 is 15.2 Å². The van der Waals surface area contributed by atoms with Crippen LogP contribution < -0.4 is 5.32 Å². The van der Waals surface area contributed by atoms with Gasteiger partial charge >= 0.3 is 0 Å². The molecule has 1 aromatic heterocycles. The van der Waals surface area contributed by atoms with Gasteiger partial charge in [-0.1, -0.05) is 41.9 Å². The SMILES string of the molecule is O=C(NC1CCCOCC1O)c1cc(Cc2ccc(Cl)cc2)c2ccccc2n1. The third-order valence-corrected chi connectivity index (χ3v) is 5.47. The van der Waals surface area contributed by atoms with Gasteiger partial charge in [0.1, 0.15) is 5.69 Å². The second kappa shape index (κ2) is 8.91. The summed E-state index contributed by atoms with van der Waals surface area (Å²) in [5.41, 5.74) is 3.25. The molecule has 2 aromatic carbocycles. The largest absolute Gasteiger partial charge is 0.389 e. The lowest BCUT2D eigenvalue weighted by Crippen LogP contribution is -2.44. The number of nitrogens with zero attached hydrogens (tertiary/aromatic N) is 1. The number of carbonyl (C=O) groups excluding carboxylic acids is 1. The molecule has 6 heteroatoms. The molecule has 0 aliphatic carbocycles. The lowest BCUT2D eigenvalue weighted by atomic mass is 9.99. The van der Waals surface area contributed by atoms with E-state index in [1.54, 1.807) is 0 Å². The summed E-state index contributed by atoms with van der Waals surface area (Å²) >= 11 is 6.00. The van der Waals surface area contributed by atoms with Gasteiger partial charge in [0.05, 0.1) is 24.3 Å². The van der Waals surface area contributed by atoms with Gasteiger partial charge in [0.15, 0.2) is 0 Å². The number of aromatic nitrogens is 1. The topological polar surface area (TPSA) is 71.5 Å². The normalized spacial score (nSPS) is 19.7. The van der Waals surface area contributed by atoms with Gasteiger partial charge in [-0.2, -0.15) is 0 Å². The molecule has 1 saturated heterocycles. The Kier molecular flexibility index (Phi) is 6.09. The van der Waals surface area contributed by atoms with Gasteiger partial charge in [0.25, 0.3) is 5.91 Å². The van der Waals surface area contributed by atoms with E-state index in [1.165, 1.54) is 0 Å². The number of hydrogen-bond donors (Lipinski definition) is 2. The van der Waals surface area contributed by atoms with Crippen molar-refractivity contribution in [1.29, 1.82) is 0 Å². The Morgan fingerprint density at radius 1 is 1.21 bits per heavy atom. The number of nitrogens with one attached hydrogen (secondary N) is 1. The second-order valence-corrected chi connectivity index (χ2v) is 7.79. The van der Waals surface area contributed by atoms with Crippen LogP contribution in [-0.2, 0) is 11.2 Å². The molecule has 3 aromatic rings. The number of ether oxygens (including phenoxy) is 1. The first kappa shape index (κ1) is 19.8. The first-order valence-corrected chi connectivity index (χ1v) is 10.2.